The zero-order valence-electron chi connectivity index (χ0n) is 11.6. The Labute approximate surface area is 117 Å². The third-order valence-electron chi connectivity index (χ3n) is 3.62. The van der Waals surface area contributed by atoms with Crippen LogP contribution in [0.15, 0.2) is 5.16 Å². The van der Waals surface area contributed by atoms with Crippen LogP contribution in [0.1, 0.15) is 45.9 Å². The van der Waals surface area contributed by atoms with Gasteiger partial charge in [-0.3, -0.25) is 9.36 Å². The van der Waals surface area contributed by atoms with Crippen LogP contribution in [0.3, 0.4) is 0 Å². The van der Waals surface area contributed by atoms with E-state index in [4.69, 9.17) is 5.11 Å². The predicted octanol–water partition coefficient (Wildman–Crippen LogP) is 1.87. The lowest BCUT2D eigenvalue weighted by atomic mass is 9.89. The molecule has 0 aliphatic carbocycles. The average molecular weight is 287 g/mol. The first-order chi connectivity index (χ1) is 9.04. The third-order valence-corrected chi connectivity index (χ3v) is 4.53. The fraction of sp³-hybridized carbons (Fsp3) is 0.750. The Kier molecular flexibility index (Phi) is 5.81. The number of aromatic nitrogens is 3. The Morgan fingerprint density at radius 2 is 1.84 bits per heavy atom. The summed E-state index contributed by atoms with van der Waals surface area (Å²) in [6.07, 6.45) is 2.64. The number of aliphatic hydroxyl groups excluding tert-OH is 1. The van der Waals surface area contributed by atoms with Gasteiger partial charge in [0.1, 0.15) is 6.61 Å². The molecule has 0 aliphatic heterocycles. The first kappa shape index (κ1) is 16.0. The van der Waals surface area contributed by atoms with Crippen molar-refractivity contribution in [3.05, 3.63) is 5.82 Å². The van der Waals surface area contributed by atoms with Gasteiger partial charge in [-0.25, -0.2) is 0 Å². The van der Waals surface area contributed by atoms with E-state index in [9.17, 15) is 9.90 Å². The minimum atomic E-state index is -0.889. The molecule has 0 atom stereocenters. The highest BCUT2D eigenvalue weighted by atomic mass is 32.2. The van der Waals surface area contributed by atoms with Crippen molar-refractivity contribution < 1.29 is 15.0 Å². The fourth-order valence-corrected chi connectivity index (χ4v) is 3.10. The first-order valence-corrected chi connectivity index (χ1v) is 7.43. The van der Waals surface area contributed by atoms with E-state index in [0.717, 1.165) is 31.0 Å². The fourth-order valence-electron chi connectivity index (χ4n) is 2.32. The summed E-state index contributed by atoms with van der Waals surface area (Å²) in [6.45, 7) is 6.06. The maximum Gasteiger partial charge on any atom is 0.313 e. The van der Waals surface area contributed by atoms with Crippen LogP contribution in [-0.2, 0) is 16.9 Å². The number of carbonyl (C=O) groups is 1. The van der Waals surface area contributed by atoms with Gasteiger partial charge in [0.2, 0.25) is 0 Å². The zero-order chi connectivity index (χ0) is 14.5. The highest BCUT2D eigenvalue weighted by Crippen LogP contribution is 2.34. The summed E-state index contributed by atoms with van der Waals surface area (Å²) in [5.41, 5.74) is -0.164. The average Bonchev–Trinajstić information content (AvgIpc) is 2.83. The van der Waals surface area contributed by atoms with Crippen LogP contribution < -0.4 is 0 Å². The van der Waals surface area contributed by atoms with Crippen molar-refractivity contribution in [3.8, 4) is 0 Å². The number of aliphatic carboxylic acids is 1. The molecule has 2 N–H and O–H groups in total. The summed E-state index contributed by atoms with van der Waals surface area (Å²) >= 11 is 1.14. The molecule has 19 heavy (non-hydrogen) atoms. The summed E-state index contributed by atoms with van der Waals surface area (Å²) in [5, 5.41) is 26.7. The molecule has 108 valence electrons. The molecule has 1 rings (SSSR count). The number of aliphatic hydroxyl groups is 1. The van der Waals surface area contributed by atoms with Gasteiger partial charge in [0.25, 0.3) is 0 Å². The molecule has 0 aliphatic rings. The quantitative estimate of drug-likeness (QED) is 0.710. The first-order valence-electron chi connectivity index (χ1n) is 6.44. The standard InChI is InChI=1S/C12H21N3O3S/c1-4-12(5-2,6-3)15-9(7-16)13-14-11(15)19-8-10(17)18/h16H,4-8H2,1-3H3,(H,17,18). The molecule has 0 unspecified atom stereocenters. The van der Waals surface area contributed by atoms with E-state index >= 15 is 0 Å². The van der Waals surface area contributed by atoms with Crippen LogP contribution in [-0.4, -0.2) is 36.7 Å². The van der Waals surface area contributed by atoms with Crippen LogP contribution >= 0.6 is 11.8 Å². The van der Waals surface area contributed by atoms with Gasteiger partial charge in [0.05, 0.1) is 5.75 Å². The molecule has 0 bridgehead atoms. The van der Waals surface area contributed by atoms with Crippen LogP contribution in [0.25, 0.3) is 0 Å². The number of carboxylic acids is 1. The van der Waals surface area contributed by atoms with Gasteiger partial charge in [-0.15, -0.1) is 10.2 Å². The molecule has 0 saturated heterocycles. The van der Waals surface area contributed by atoms with Crippen LogP contribution in [0.2, 0.25) is 0 Å². The van der Waals surface area contributed by atoms with E-state index < -0.39 is 5.97 Å². The van der Waals surface area contributed by atoms with Crippen molar-refractivity contribution in [3.63, 3.8) is 0 Å². The molecule has 1 aromatic rings. The predicted molar refractivity (Wildman–Crippen MR) is 73.2 cm³/mol. The van der Waals surface area contributed by atoms with Crippen LogP contribution in [0.5, 0.6) is 0 Å². The monoisotopic (exact) mass is 287 g/mol. The minimum Gasteiger partial charge on any atom is -0.481 e. The summed E-state index contributed by atoms with van der Waals surface area (Å²) in [5.74, 6) is -0.449. The van der Waals surface area contributed by atoms with E-state index in [0.29, 0.717) is 11.0 Å². The molecular weight excluding hydrogens is 266 g/mol. The summed E-state index contributed by atoms with van der Waals surface area (Å²) < 4.78 is 1.92. The smallest absolute Gasteiger partial charge is 0.313 e. The number of thioether (sulfide) groups is 1. The van der Waals surface area contributed by atoms with Gasteiger partial charge in [-0.2, -0.15) is 0 Å². The Balaban J connectivity index is 3.20. The van der Waals surface area contributed by atoms with Gasteiger partial charge in [0.15, 0.2) is 11.0 Å². The second-order valence-electron chi connectivity index (χ2n) is 4.36. The molecule has 0 aromatic carbocycles. The highest BCUT2D eigenvalue weighted by molar-refractivity contribution is 7.99. The Bertz CT molecular complexity index is 422. The maximum absolute atomic E-state index is 10.7. The lowest BCUT2D eigenvalue weighted by Crippen LogP contribution is -2.34. The van der Waals surface area contributed by atoms with Crippen LogP contribution in [0.4, 0.5) is 0 Å². The lowest BCUT2D eigenvalue weighted by molar-refractivity contribution is -0.133. The molecule has 1 aromatic heterocycles. The van der Waals surface area contributed by atoms with Gasteiger partial charge >= 0.3 is 5.97 Å². The van der Waals surface area contributed by atoms with Crippen molar-refractivity contribution in [2.75, 3.05) is 5.75 Å². The SMILES string of the molecule is CCC(CC)(CC)n1c(CO)nnc1SCC(=O)O. The van der Waals surface area contributed by atoms with Gasteiger partial charge in [0, 0.05) is 5.54 Å². The molecule has 0 radical (unpaired) electrons. The van der Waals surface area contributed by atoms with E-state index in [-0.39, 0.29) is 17.9 Å². The summed E-state index contributed by atoms with van der Waals surface area (Å²) in [6, 6.07) is 0. The molecule has 7 heteroatoms. The van der Waals surface area contributed by atoms with Gasteiger partial charge < -0.3 is 10.2 Å². The van der Waals surface area contributed by atoms with Crippen molar-refractivity contribution in [2.24, 2.45) is 0 Å². The second-order valence-corrected chi connectivity index (χ2v) is 5.30. The number of carboxylic acid groups (broad SMARTS) is 1. The normalized spacial score (nSPS) is 11.8. The van der Waals surface area contributed by atoms with E-state index in [1.807, 2.05) is 4.57 Å². The molecule has 0 amide bonds. The lowest BCUT2D eigenvalue weighted by Gasteiger charge is -2.34. The number of hydrogen-bond acceptors (Lipinski definition) is 5. The van der Waals surface area contributed by atoms with Crippen molar-refractivity contribution in [1.29, 1.82) is 0 Å². The molecular formula is C12H21N3O3S. The Morgan fingerprint density at radius 3 is 2.26 bits per heavy atom. The van der Waals surface area contributed by atoms with Crippen molar-refractivity contribution in [2.45, 2.75) is 57.3 Å². The summed E-state index contributed by atoms with van der Waals surface area (Å²) in [7, 11) is 0. The van der Waals surface area contributed by atoms with E-state index in [2.05, 4.69) is 31.0 Å². The number of nitrogens with zero attached hydrogens (tertiary/aromatic N) is 3. The number of rotatable bonds is 8. The van der Waals surface area contributed by atoms with Crippen molar-refractivity contribution in [1.82, 2.24) is 14.8 Å². The van der Waals surface area contributed by atoms with E-state index in [1.165, 1.54) is 0 Å². The summed E-state index contributed by atoms with van der Waals surface area (Å²) in [4.78, 5) is 10.7. The van der Waals surface area contributed by atoms with Gasteiger partial charge in [-0.1, -0.05) is 32.5 Å². The van der Waals surface area contributed by atoms with Crippen molar-refractivity contribution >= 4 is 17.7 Å². The molecule has 6 nitrogen and oxygen atoms in total. The van der Waals surface area contributed by atoms with Gasteiger partial charge in [-0.05, 0) is 19.3 Å². The minimum absolute atomic E-state index is 0.0587. The highest BCUT2D eigenvalue weighted by Gasteiger charge is 2.31. The van der Waals surface area contributed by atoms with Crippen LogP contribution in [0, 0.1) is 0 Å². The Morgan fingerprint density at radius 1 is 1.26 bits per heavy atom. The number of hydrogen-bond donors (Lipinski definition) is 2. The topological polar surface area (TPSA) is 88.2 Å². The molecule has 1 heterocycles. The molecule has 0 spiro atoms. The maximum atomic E-state index is 10.7. The largest absolute Gasteiger partial charge is 0.481 e. The zero-order valence-corrected chi connectivity index (χ0v) is 12.4. The Hall–Kier alpha value is -1.08. The third kappa shape index (κ3) is 3.27. The molecule has 0 fully saturated rings. The molecule has 0 saturated carbocycles. The van der Waals surface area contributed by atoms with E-state index in [1.54, 1.807) is 0 Å². The second kappa shape index (κ2) is 6.91.